The third-order valence-electron chi connectivity index (χ3n) is 8.16. The quantitative estimate of drug-likeness (QED) is 0.0256. The molecule has 0 spiro atoms. The van der Waals surface area contributed by atoms with Gasteiger partial charge in [-0.1, -0.05) is 12.1 Å². The van der Waals surface area contributed by atoms with Crippen LogP contribution in [0, 0.1) is 20.0 Å². The van der Waals surface area contributed by atoms with Gasteiger partial charge in [0.25, 0.3) is 0 Å². The molecule has 61 heavy (non-hydrogen) atoms. The number of carboxylic acid groups (broad SMARTS) is 4. The van der Waals surface area contributed by atoms with Crippen LogP contribution >= 0.6 is 0 Å². The molecule has 0 aliphatic carbocycles. The van der Waals surface area contributed by atoms with E-state index >= 15 is 0 Å². The Morgan fingerprint density at radius 3 is 1.66 bits per heavy atom. The number of benzene rings is 1. The van der Waals surface area contributed by atoms with E-state index in [1.165, 1.54) is 33.9 Å². The minimum absolute atomic E-state index is 0. The Morgan fingerprint density at radius 1 is 0.738 bits per heavy atom. The van der Waals surface area contributed by atoms with Crippen molar-refractivity contribution in [3.8, 4) is 0 Å². The van der Waals surface area contributed by atoms with E-state index < -0.39 is 53.3 Å². The van der Waals surface area contributed by atoms with Crippen molar-refractivity contribution >= 4 is 52.6 Å². The predicted molar refractivity (Wildman–Crippen MR) is 200 cm³/mol. The number of carbonyl (C=O) groups is 6. The molecule has 0 bridgehead atoms. The van der Waals surface area contributed by atoms with Gasteiger partial charge >= 0.3 is 63.8 Å². The van der Waals surface area contributed by atoms with Crippen molar-refractivity contribution in [1.82, 2.24) is 34.6 Å². The Bertz CT molecular complexity index is 1850. The number of aryl methyl sites for hydroxylation is 1. The Kier molecular flexibility index (Phi) is 31.0. The SMILES string of the molecule is O=C(O)Cn1ccnc1CN(CCCC[C@H](NC(=O)N[C@@H](CCC(=O)CCCc1ccc(NS(=O)[O-])cc1)C(=O)O)C(=O)O)Cc1nccn1CC(=O)O.[C-]#[O+].[C-]#[O+].[C-]#[O+].[Re]. The topological polar surface area (TPSA) is 358 Å². The summed E-state index contributed by atoms with van der Waals surface area (Å²) in [4.78, 5) is 81.8. The fraction of sp³-hybridized carbons (Fsp3) is 0.417. The number of unbranched alkanes of at least 4 members (excludes halogenated alkanes) is 1. The molecule has 3 rings (SSSR count). The van der Waals surface area contributed by atoms with Crippen molar-refractivity contribution in [1.29, 1.82) is 0 Å². The molecule has 7 N–H and O–H groups in total. The second-order valence-corrected chi connectivity index (χ2v) is 13.0. The first-order valence-corrected chi connectivity index (χ1v) is 18.5. The van der Waals surface area contributed by atoms with Crippen molar-refractivity contribution in [3.05, 3.63) is 86.2 Å². The fourth-order valence-corrected chi connectivity index (χ4v) is 5.82. The van der Waals surface area contributed by atoms with Gasteiger partial charge in [0.2, 0.25) is 0 Å². The Balaban J connectivity index is 0. The van der Waals surface area contributed by atoms with Crippen LogP contribution in [0.3, 0.4) is 0 Å². The molecule has 0 fully saturated rings. The average Bonchev–Trinajstić information content (AvgIpc) is 3.84. The van der Waals surface area contributed by atoms with Crippen molar-refractivity contribution < 1.29 is 92.3 Å². The smallest absolute Gasteiger partial charge is 0 e. The molecule has 0 aliphatic rings. The number of aliphatic carboxylic acids is 4. The molecule has 23 nitrogen and oxygen atoms in total. The summed E-state index contributed by atoms with van der Waals surface area (Å²) in [5, 5.41) is 42.4. The second kappa shape index (κ2) is 33.0. The number of rotatable bonds is 26. The van der Waals surface area contributed by atoms with Gasteiger partial charge in [0.15, 0.2) is 0 Å². The Morgan fingerprint density at radius 2 is 1.21 bits per heavy atom. The summed E-state index contributed by atoms with van der Waals surface area (Å²) in [5.41, 5.74) is 1.27. The number of hydrogen-bond acceptors (Lipinski definition) is 11. The zero-order valence-electron chi connectivity index (χ0n) is 32.3. The molecule has 1 radical (unpaired) electrons. The molecule has 0 saturated heterocycles. The maximum Gasteiger partial charge on any atom is 0 e. The fourth-order valence-electron chi connectivity index (χ4n) is 5.49. The number of carboxylic acids is 4. The number of urea groups is 1. The number of carbonyl (C=O) groups excluding carboxylic acids is 2. The molecule has 2 amide bonds. The van der Waals surface area contributed by atoms with Gasteiger partial charge < -0.3 is 49.5 Å². The summed E-state index contributed by atoms with van der Waals surface area (Å²) in [6, 6.07) is 2.75. The minimum Gasteiger partial charge on any atom is 0 e. The van der Waals surface area contributed by atoms with E-state index in [9.17, 15) is 58.0 Å². The molecule has 2 aromatic heterocycles. The molecule has 0 aliphatic heterocycles. The van der Waals surface area contributed by atoms with E-state index in [4.69, 9.17) is 14.0 Å². The van der Waals surface area contributed by atoms with Crippen LogP contribution in [0.15, 0.2) is 49.1 Å². The van der Waals surface area contributed by atoms with Crippen LogP contribution < -0.4 is 15.4 Å². The zero-order valence-corrected chi connectivity index (χ0v) is 35.8. The molecule has 3 aromatic rings. The summed E-state index contributed by atoms with van der Waals surface area (Å²) in [5.74, 6) is -4.23. The van der Waals surface area contributed by atoms with Gasteiger partial charge in [0.1, 0.15) is 42.6 Å². The molecular weight excluding hydrogens is 1000 g/mol. The first-order valence-electron chi connectivity index (χ1n) is 17.5. The van der Waals surface area contributed by atoms with E-state index in [1.54, 1.807) is 24.3 Å². The van der Waals surface area contributed by atoms with Crippen molar-refractivity contribution in [2.75, 3.05) is 11.3 Å². The summed E-state index contributed by atoms with van der Waals surface area (Å²) in [6.07, 6.45) is 7.41. The number of nitrogens with one attached hydrogen (secondary N) is 3. The zero-order chi connectivity index (χ0) is 45.6. The van der Waals surface area contributed by atoms with E-state index in [-0.39, 0.29) is 78.1 Å². The van der Waals surface area contributed by atoms with Crippen molar-refractivity contribution in [3.63, 3.8) is 0 Å². The maximum absolute atomic E-state index is 12.7. The van der Waals surface area contributed by atoms with Crippen molar-refractivity contribution in [2.24, 2.45) is 0 Å². The third kappa shape index (κ3) is 24.2. The third-order valence-corrected chi connectivity index (χ3v) is 8.56. The van der Waals surface area contributed by atoms with Crippen LogP contribution in [-0.2, 0) is 102 Å². The molecular formula is C36H43N8O15ReS-. The first kappa shape index (κ1) is 57.3. The van der Waals surface area contributed by atoms with Gasteiger partial charge in [0.05, 0.1) is 13.1 Å². The van der Waals surface area contributed by atoms with E-state index in [0.29, 0.717) is 49.6 Å². The minimum atomic E-state index is -2.44. The first-order chi connectivity index (χ1) is 28.7. The monoisotopic (exact) mass is 1050 g/mol. The van der Waals surface area contributed by atoms with Gasteiger partial charge in [-0.3, -0.25) is 23.5 Å². The normalized spacial score (nSPS) is 11.4. The molecule has 25 heteroatoms. The van der Waals surface area contributed by atoms with Crippen LogP contribution in [0.25, 0.3) is 0 Å². The molecule has 2 heterocycles. The van der Waals surface area contributed by atoms with Gasteiger partial charge in [-0.15, -0.1) is 0 Å². The van der Waals surface area contributed by atoms with E-state index in [0.717, 1.165) is 5.56 Å². The summed E-state index contributed by atoms with van der Waals surface area (Å²) in [7, 11) is 0. The second-order valence-electron chi connectivity index (χ2n) is 12.3. The summed E-state index contributed by atoms with van der Waals surface area (Å²) < 4.78 is 49.1. The molecule has 1 unspecified atom stereocenters. The number of aromatic nitrogens is 4. The average molecular weight is 1050 g/mol. The Labute approximate surface area is 365 Å². The molecule has 0 saturated carbocycles. The van der Waals surface area contributed by atoms with E-state index in [1.807, 2.05) is 4.90 Å². The van der Waals surface area contributed by atoms with Gasteiger partial charge in [-0.05, 0) is 62.8 Å². The maximum atomic E-state index is 12.7. The predicted octanol–water partition coefficient (Wildman–Crippen LogP) is 1.09. The van der Waals surface area contributed by atoms with Gasteiger partial charge in [0, 0.05) is 75.0 Å². The van der Waals surface area contributed by atoms with Gasteiger partial charge in [-0.25, -0.2) is 24.4 Å². The number of Topliss-reactive ketones (excluding diaryl/α,β-unsaturated/α-hetero) is 1. The van der Waals surface area contributed by atoms with E-state index in [2.05, 4.69) is 45.3 Å². The van der Waals surface area contributed by atoms with Crippen molar-refractivity contribution in [2.45, 2.75) is 89.6 Å². The van der Waals surface area contributed by atoms with Crippen LogP contribution in [0.5, 0.6) is 0 Å². The number of imidazole rings is 2. The standard InChI is InChI=1S/C33H44N8O12S.3CO.Re/c42-24(5-3-4-22-7-9-23(10-8-22)38-54(52)53)11-12-26(32(49)50)37-33(51)36-25(31(47)48)6-1-2-15-39(18-27-34-13-16-40(27)20-29(43)44)19-28-35-14-17-41(28)21-30(45)46;3*1-2;/h7-10,13-14,16-17,25-26,38H,1-6,11-12,15,18-21H2,(H,43,44)(H,45,46)(H,47,48)(H,49,50)(H,52,53)(H2,36,37,51);;;;/p-1/t25-,26-;;;;/m0..../s1. The van der Waals surface area contributed by atoms with Gasteiger partial charge in [-0.2, -0.15) is 0 Å². The Hall–Kier alpha value is -5.79. The van der Waals surface area contributed by atoms with Crippen LogP contribution in [0.2, 0.25) is 0 Å². The molecule has 331 valence electrons. The van der Waals surface area contributed by atoms with Crippen LogP contribution in [-0.4, -0.2) is 108 Å². The molecule has 3 atom stereocenters. The van der Waals surface area contributed by atoms with Crippen LogP contribution in [0.4, 0.5) is 10.5 Å². The number of anilines is 1. The number of amides is 2. The summed E-state index contributed by atoms with van der Waals surface area (Å²) >= 11 is -2.44. The largest absolute Gasteiger partial charge is 0 e. The number of hydrogen-bond donors (Lipinski definition) is 7. The number of nitrogens with zero attached hydrogens (tertiary/aromatic N) is 5. The summed E-state index contributed by atoms with van der Waals surface area (Å²) in [6.45, 7) is 13.5. The number of ketones is 1. The van der Waals surface area contributed by atoms with Crippen LogP contribution in [0.1, 0.15) is 62.2 Å². The molecule has 1 aromatic carbocycles.